The minimum atomic E-state index is -3.65. The van der Waals surface area contributed by atoms with Crippen LogP contribution in [-0.4, -0.2) is 59.1 Å². The van der Waals surface area contributed by atoms with E-state index in [0.717, 1.165) is 6.42 Å². The zero-order chi connectivity index (χ0) is 20.6. The molecule has 0 spiro atoms. The molecule has 0 bridgehead atoms. The molecule has 0 aliphatic heterocycles. The van der Waals surface area contributed by atoms with Crippen LogP contribution in [0.5, 0.6) is 5.75 Å². The summed E-state index contributed by atoms with van der Waals surface area (Å²) in [5, 5.41) is 2.78. The number of rotatable bonds is 11. The topological polar surface area (TPSA) is 84.9 Å². The van der Waals surface area contributed by atoms with Crippen molar-refractivity contribution >= 4 is 15.9 Å². The van der Waals surface area contributed by atoms with Crippen molar-refractivity contribution in [2.75, 3.05) is 40.5 Å². The third-order valence-electron chi connectivity index (χ3n) is 4.17. The molecular weight excluding hydrogens is 368 g/mol. The first-order chi connectivity index (χ1) is 12.6. The third-order valence-corrected chi connectivity index (χ3v) is 6.33. The molecule has 0 fully saturated rings. The maximum Gasteiger partial charge on any atom is 0.245 e. The van der Waals surface area contributed by atoms with Crippen LogP contribution in [-0.2, 0) is 19.6 Å². The molecule has 1 aromatic rings. The lowest BCUT2D eigenvalue weighted by Gasteiger charge is -2.20. The molecule has 0 saturated heterocycles. The third kappa shape index (κ3) is 7.12. The minimum Gasteiger partial charge on any atom is -0.497 e. The van der Waals surface area contributed by atoms with Crippen molar-refractivity contribution < 1.29 is 22.7 Å². The molecule has 0 saturated carbocycles. The molecular formula is C19H32N2O5S. The number of ether oxygens (including phenoxy) is 2. The van der Waals surface area contributed by atoms with Gasteiger partial charge in [-0.2, -0.15) is 4.31 Å². The monoisotopic (exact) mass is 400 g/mol. The SMILES string of the molecule is COc1cc(C)c(S(=O)(=O)N(C)CCOCC(=O)NCCC(C)C)c(C)c1. The molecule has 0 atom stereocenters. The summed E-state index contributed by atoms with van der Waals surface area (Å²) >= 11 is 0. The molecule has 1 aromatic carbocycles. The van der Waals surface area contributed by atoms with Gasteiger partial charge in [-0.05, 0) is 49.4 Å². The number of hydrogen-bond acceptors (Lipinski definition) is 5. The van der Waals surface area contributed by atoms with Crippen LogP contribution >= 0.6 is 0 Å². The van der Waals surface area contributed by atoms with Crippen molar-refractivity contribution in [3.63, 3.8) is 0 Å². The van der Waals surface area contributed by atoms with E-state index in [1.807, 2.05) is 0 Å². The summed E-state index contributed by atoms with van der Waals surface area (Å²) in [6.45, 7) is 8.50. The van der Waals surface area contributed by atoms with E-state index >= 15 is 0 Å². The normalized spacial score (nSPS) is 11.9. The van der Waals surface area contributed by atoms with Crippen molar-refractivity contribution in [2.24, 2.45) is 5.92 Å². The Balaban J connectivity index is 2.57. The van der Waals surface area contributed by atoms with E-state index in [0.29, 0.717) is 29.3 Å². The van der Waals surface area contributed by atoms with Gasteiger partial charge in [0.2, 0.25) is 15.9 Å². The summed E-state index contributed by atoms with van der Waals surface area (Å²) in [7, 11) is -0.602. The predicted octanol–water partition coefficient (Wildman–Crippen LogP) is 2.11. The van der Waals surface area contributed by atoms with Gasteiger partial charge in [0.15, 0.2) is 0 Å². The molecule has 0 aromatic heterocycles. The Hall–Kier alpha value is -1.64. The van der Waals surface area contributed by atoms with Gasteiger partial charge in [0, 0.05) is 20.1 Å². The molecule has 1 N–H and O–H groups in total. The summed E-state index contributed by atoms with van der Waals surface area (Å²) in [6.07, 6.45) is 0.910. The highest BCUT2D eigenvalue weighted by molar-refractivity contribution is 7.89. The van der Waals surface area contributed by atoms with Gasteiger partial charge >= 0.3 is 0 Å². The first-order valence-corrected chi connectivity index (χ1v) is 10.5. The van der Waals surface area contributed by atoms with Gasteiger partial charge in [-0.15, -0.1) is 0 Å². The van der Waals surface area contributed by atoms with Crippen LogP contribution in [0.1, 0.15) is 31.4 Å². The summed E-state index contributed by atoms with van der Waals surface area (Å²) in [5.41, 5.74) is 1.26. The second-order valence-electron chi connectivity index (χ2n) is 7.00. The van der Waals surface area contributed by atoms with Gasteiger partial charge < -0.3 is 14.8 Å². The van der Waals surface area contributed by atoms with Crippen molar-refractivity contribution in [3.8, 4) is 5.75 Å². The average molecular weight is 401 g/mol. The van der Waals surface area contributed by atoms with E-state index in [1.165, 1.54) is 11.4 Å². The van der Waals surface area contributed by atoms with Crippen molar-refractivity contribution in [1.82, 2.24) is 9.62 Å². The van der Waals surface area contributed by atoms with E-state index in [9.17, 15) is 13.2 Å². The van der Waals surface area contributed by atoms with Crippen LogP contribution in [0.4, 0.5) is 0 Å². The van der Waals surface area contributed by atoms with E-state index in [4.69, 9.17) is 9.47 Å². The zero-order valence-corrected chi connectivity index (χ0v) is 18.0. The Morgan fingerprint density at radius 1 is 1.22 bits per heavy atom. The highest BCUT2D eigenvalue weighted by atomic mass is 32.2. The Morgan fingerprint density at radius 2 is 1.81 bits per heavy atom. The second kappa shape index (κ2) is 10.6. The van der Waals surface area contributed by atoms with Crippen molar-refractivity contribution in [3.05, 3.63) is 23.3 Å². The summed E-state index contributed by atoms with van der Waals surface area (Å²) in [5.74, 6) is 0.955. The maximum absolute atomic E-state index is 12.9. The number of hydrogen-bond donors (Lipinski definition) is 1. The van der Waals surface area contributed by atoms with Gasteiger partial charge in [-0.25, -0.2) is 8.42 Å². The Kier molecular flexibility index (Phi) is 9.21. The highest BCUT2D eigenvalue weighted by Gasteiger charge is 2.25. The van der Waals surface area contributed by atoms with Crippen LogP contribution < -0.4 is 10.1 Å². The quantitative estimate of drug-likeness (QED) is 0.575. The van der Waals surface area contributed by atoms with Gasteiger partial charge in [0.05, 0.1) is 18.6 Å². The summed E-state index contributed by atoms with van der Waals surface area (Å²) < 4.78 is 37.4. The largest absolute Gasteiger partial charge is 0.497 e. The molecule has 8 heteroatoms. The number of carbonyl (C=O) groups is 1. The molecule has 7 nitrogen and oxygen atoms in total. The number of nitrogens with zero attached hydrogens (tertiary/aromatic N) is 1. The number of aryl methyl sites for hydroxylation is 2. The lowest BCUT2D eigenvalue weighted by Crippen LogP contribution is -2.33. The Morgan fingerprint density at radius 3 is 2.33 bits per heavy atom. The van der Waals surface area contributed by atoms with Gasteiger partial charge in [0.25, 0.3) is 0 Å². The molecule has 0 unspecified atom stereocenters. The van der Waals surface area contributed by atoms with Crippen molar-refractivity contribution in [1.29, 1.82) is 0 Å². The number of amides is 1. The van der Waals surface area contributed by atoms with Crippen LogP contribution in [0.3, 0.4) is 0 Å². The molecule has 27 heavy (non-hydrogen) atoms. The van der Waals surface area contributed by atoms with Gasteiger partial charge in [0.1, 0.15) is 12.4 Å². The van der Waals surface area contributed by atoms with Crippen LogP contribution in [0.2, 0.25) is 0 Å². The molecule has 0 aliphatic rings. The molecule has 0 aliphatic carbocycles. The zero-order valence-electron chi connectivity index (χ0n) is 17.2. The molecule has 154 valence electrons. The number of methoxy groups -OCH3 is 1. The fraction of sp³-hybridized carbons (Fsp3) is 0.632. The van der Waals surface area contributed by atoms with Crippen LogP contribution in [0, 0.1) is 19.8 Å². The molecule has 0 heterocycles. The molecule has 1 rings (SSSR count). The summed E-state index contributed by atoms with van der Waals surface area (Å²) in [6, 6.07) is 3.40. The number of benzene rings is 1. The lowest BCUT2D eigenvalue weighted by molar-refractivity contribution is -0.125. The van der Waals surface area contributed by atoms with E-state index in [1.54, 1.807) is 33.1 Å². The van der Waals surface area contributed by atoms with E-state index in [2.05, 4.69) is 19.2 Å². The molecule has 1 amide bonds. The summed E-state index contributed by atoms with van der Waals surface area (Å²) in [4.78, 5) is 11.9. The number of nitrogens with one attached hydrogen (secondary N) is 1. The van der Waals surface area contributed by atoms with Gasteiger partial charge in [-0.1, -0.05) is 13.8 Å². The van der Waals surface area contributed by atoms with Crippen LogP contribution in [0.15, 0.2) is 17.0 Å². The van der Waals surface area contributed by atoms with Gasteiger partial charge in [-0.3, -0.25) is 4.79 Å². The smallest absolute Gasteiger partial charge is 0.245 e. The number of likely N-dealkylation sites (N-methyl/N-ethyl adjacent to an activating group) is 1. The minimum absolute atomic E-state index is 0.0768. The average Bonchev–Trinajstić information content (AvgIpc) is 2.57. The fourth-order valence-corrected chi connectivity index (χ4v) is 4.18. The first kappa shape index (κ1) is 23.4. The first-order valence-electron chi connectivity index (χ1n) is 9.05. The second-order valence-corrected chi connectivity index (χ2v) is 8.98. The Bertz CT molecular complexity index is 709. The predicted molar refractivity (Wildman–Crippen MR) is 106 cm³/mol. The van der Waals surface area contributed by atoms with E-state index < -0.39 is 10.0 Å². The fourth-order valence-electron chi connectivity index (χ4n) is 2.62. The number of carbonyl (C=O) groups excluding carboxylic acids is 1. The molecule has 0 radical (unpaired) electrons. The maximum atomic E-state index is 12.9. The van der Waals surface area contributed by atoms with E-state index in [-0.39, 0.29) is 30.6 Å². The highest BCUT2D eigenvalue weighted by Crippen LogP contribution is 2.27. The van der Waals surface area contributed by atoms with Crippen molar-refractivity contribution in [2.45, 2.75) is 39.0 Å². The Labute approximate surface area is 163 Å². The number of sulfonamides is 1. The standard InChI is InChI=1S/C19H32N2O5S/c1-14(2)7-8-20-18(22)13-26-10-9-21(5)27(23,24)19-15(3)11-17(25-6)12-16(19)4/h11-12,14H,7-10,13H2,1-6H3,(H,20,22). The lowest BCUT2D eigenvalue weighted by atomic mass is 10.1. The van der Waals surface area contributed by atoms with Crippen LogP contribution in [0.25, 0.3) is 0 Å².